The third kappa shape index (κ3) is 5.78. The fourth-order valence-electron chi connectivity index (χ4n) is 7.68. The lowest BCUT2D eigenvalue weighted by Gasteiger charge is -2.14. The molecule has 10 rings (SSSR count). The highest BCUT2D eigenvalue weighted by atomic mass is 14.9. The summed E-state index contributed by atoms with van der Waals surface area (Å²) in [5.74, 6) is 0.682. The third-order valence-electron chi connectivity index (χ3n) is 10.4. The molecule has 54 heavy (non-hydrogen) atoms. The van der Waals surface area contributed by atoms with Gasteiger partial charge in [-0.3, -0.25) is 4.98 Å². The van der Waals surface area contributed by atoms with E-state index < -0.39 is 0 Å². The lowest BCUT2D eigenvalue weighted by atomic mass is 9.92. The molecule has 0 unspecified atom stereocenters. The average Bonchev–Trinajstić information content (AvgIpc) is 3.26. The molecule has 252 valence electrons. The summed E-state index contributed by atoms with van der Waals surface area (Å²) in [5, 5.41) is 7.40. The predicted octanol–water partition coefficient (Wildman–Crippen LogP) is 13.3. The van der Waals surface area contributed by atoms with Crippen LogP contribution in [0.3, 0.4) is 0 Å². The molecule has 8 aromatic carbocycles. The van der Waals surface area contributed by atoms with Gasteiger partial charge in [0.1, 0.15) is 0 Å². The molecule has 0 atom stereocenters. The van der Waals surface area contributed by atoms with E-state index in [0.29, 0.717) is 5.82 Å². The van der Waals surface area contributed by atoms with Gasteiger partial charge in [-0.05, 0) is 96.0 Å². The molecule has 3 heteroatoms. The lowest BCUT2D eigenvalue weighted by molar-refractivity contribution is 1.18. The first-order chi connectivity index (χ1) is 26.7. The van der Waals surface area contributed by atoms with Crippen molar-refractivity contribution in [3.63, 3.8) is 0 Å². The zero-order valence-electron chi connectivity index (χ0n) is 29.4. The third-order valence-corrected chi connectivity index (χ3v) is 10.4. The number of benzene rings is 8. The van der Waals surface area contributed by atoms with Crippen molar-refractivity contribution in [3.8, 4) is 67.3 Å². The smallest absolute Gasteiger partial charge is 0.160 e. The van der Waals surface area contributed by atoms with E-state index in [-0.39, 0.29) is 0 Å². The quantitative estimate of drug-likeness (QED) is 0.163. The fraction of sp³-hybridized carbons (Fsp3) is 0. The molecular formula is C51H33N3. The second kappa shape index (κ2) is 13.4. The van der Waals surface area contributed by atoms with Crippen molar-refractivity contribution in [2.24, 2.45) is 0 Å². The Balaban J connectivity index is 1.13. The number of hydrogen-bond acceptors (Lipinski definition) is 3. The maximum atomic E-state index is 5.29. The van der Waals surface area contributed by atoms with Crippen LogP contribution >= 0.6 is 0 Å². The molecule has 0 saturated heterocycles. The van der Waals surface area contributed by atoms with E-state index in [1.165, 1.54) is 43.4 Å². The molecule has 0 fully saturated rings. The summed E-state index contributed by atoms with van der Waals surface area (Å²) >= 11 is 0. The molecule has 0 aliphatic heterocycles. The van der Waals surface area contributed by atoms with Crippen molar-refractivity contribution < 1.29 is 0 Å². The van der Waals surface area contributed by atoms with E-state index in [2.05, 4.69) is 187 Å². The summed E-state index contributed by atoms with van der Waals surface area (Å²) in [6.45, 7) is 0. The Labute approximate surface area is 313 Å². The normalized spacial score (nSPS) is 11.3. The van der Waals surface area contributed by atoms with Crippen molar-refractivity contribution in [1.29, 1.82) is 0 Å². The van der Waals surface area contributed by atoms with Crippen LogP contribution in [0.15, 0.2) is 200 Å². The Morgan fingerprint density at radius 1 is 0.296 bits per heavy atom. The van der Waals surface area contributed by atoms with Gasteiger partial charge in [-0.2, -0.15) is 0 Å². The second-order valence-electron chi connectivity index (χ2n) is 13.7. The summed E-state index contributed by atoms with van der Waals surface area (Å²) in [6, 6.07) is 66.7. The van der Waals surface area contributed by atoms with Gasteiger partial charge in [-0.25, -0.2) is 9.97 Å². The van der Waals surface area contributed by atoms with Crippen LogP contribution in [0.25, 0.3) is 99.6 Å². The SMILES string of the molecule is c1cncc(-c2ccc(-c3cc(-c4cccc(-c5cccc6ccccc56)c4)nc(-c4cccc(-c5cc6ccccc6c6ccccc56)c4)n3)cc2)c1. The van der Waals surface area contributed by atoms with Crippen LogP contribution in [0.4, 0.5) is 0 Å². The fourth-order valence-corrected chi connectivity index (χ4v) is 7.68. The van der Waals surface area contributed by atoms with Crippen LogP contribution in [-0.4, -0.2) is 15.0 Å². The molecule has 0 radical (unpaired) electrons. The van der Waals surface area contributed by atoms with Gasteiger partial charge in [-0.15, -0.1) is 0 Å². The minimum atomic E-state index is 0.682. The van der Waals surface area contributed by atoms with E-state index in [4.69, 9.17) is 9.97 Å². The Bertz CT molecular complexity index is 2980. The van der Waals surface area contributed by atoms with Crippen LogP contribution < -0.4 is 0 Å². The molecule has 2 heterocycles. The first kappa shape index (κ1) is 31.5. The largest absolute Gasteiger partial charge is 0.264 e. The maximum absolute atomic E-state index is 5.29. The minimum absolute atomic E-state index is 0.682. The Kier molecular flexibility index (Phi) is 7.81. The molecule has 0 aliphatic rings. The average molecular weight is 688 g/mol. The first-order valence-corrected chi connectivity index (χ1v) is 18.2. The minimum Gasteiger partial charge on any atom is -0.264 e. The highest BCUT2D eigenvalue weighted by molar-refractivity contribution is 6.13. The van der Waals surface area contributed by atoms with Gasteiger partial charge >= 0.3 is 0 Å². The van der Waals surface area contributed by atoms with Gasteiger partial charge in [-0.1, -0.05) is 158 Å². The lowest BCUT2D eigenvalue weighted by Crippen LogP contribution is -1.96. The van der Waals surface area contributed by atoms with E-state index in [0.717, 1.165) is 50.3 Å². The van der Waals surface area contributed by atoms with Gasteiger partial charge in [0.25, 0.3) is 0 Å². The Morgan fingerprint density at radius 3 is 1.67 bits per heavy atom. The van der Waals surface area contributed by atoms with Crippen LogP contribution in [-0.2, 0) is 0 Å². The molecular weight excluding hydrogens is 655 g/mol. The van der Waals surface area contributed by atoms with Gasteiger partial charge in [0.2, 0.25) is 0 Å². The van der Waals surface area contributed by atoms with Crippen LogP contribution in [0.5, 0.6) is 0 Å². The van der Waals surface area contributed by atoms with Crippen LogP contribution in [0, 0.1) is 0 Å². The monoisotopic (exact) mass is 687 g/mol. The van der Waals surface area contributed by atoms with E-state index in [1.807, 2.05) is 12.3 Å². The van der Waals surface area contributed by atoms with Gasteiger partial charge < -0.3 is 0 Å². The zero-order chi connectivity index (χ0) is 35.8. The maximum Gasteiger partial charge on any atom is 0.160 e. The molecule has 10 aromatic rings. The number of aromatic nitrogens is 3. The van der Waals surface area contributed by atoms with Crippen molar-refractivity contribution in [3.05, 3.63) is 200 Å². The highest BCUT2D eigenvalue weighted by Gasteiger charge is 2.15. The second-order valence-corrected chi connectivity index (χ2v) is 13.7. The molecule has 0 amide bonds. The number of nitrogens with zero attached hydrogens (tertiary/aromatic N) is 3. The van der Waals surface area contributed by atoms with E-state index in [1.54, 1.807) is 6.20 Å². The summed E-state index contributed by atoms with van der Waals surface area (Å²) in [7, 11) is 0. The summed E-state index contributed by atoms with van der Waals surface area (Å²) < 4.78 is 0. The van der Waals surface area contributed by atoms with E-state index >= 15 is 0 Å². The number of pyridine rings is 1. The van der Waals surface area contributed by atoms with Gasteiger partial charge in [0.05, 0.1) is 11.4 Å². The summed E-state index contributed by atoms with van der Waals surface area (Å²) in [6.07, 6.45) is 3.69. The standard InChI is InChI=1S/C51H33N3/c1-3-19-43-35(11-1)13-9-23-44(43)37-14-7-16-40(29-37)50-32-49(36-26-24-34(25-27-36)42-18-10-28-52-33-42)53-51(54-50)41-17-8-15-38(30-41)48-31-39-12-2-4-20-45(39)46-21-5-6-22-47(46)48/h1-33H. The molecule has 2 aromatic heterocycles. The van der Waals surface area contributed by atoms with Crippen molar-refractivity contribution >= 4 is 32.3 Å². The molecule has 3 nitrogen and oxygen atoms in total. The zero-order valence-corrected chi connectivity index (χ0v) is 29.4. The Hall–Kier alpha value is -7.23. The van der Waals surface area contributed by atoms with Crippen molar-refractivity contribution in [2.45, 2.75) is 0 Å². The number of fused-ring (bicyclic) bond motifs is 4. The highest BCUT2D eigenvalue weighted by Crippen LogP contribution is 2.38. The number of rotatable bonds is 6. The molecule has 0 spiro atoms. The molecule has 0 saturated carbocycles. The van der Waals surface area contributed by atoms with Crippen LogP contribution in [0.1, 0.15) is 0 Å². The molecule has 0 N–H and O–H groups in total. The van der Waals surface area contributed by atoms with Crippen LogP contribution in [0.2, 0.25) is 0 Å². The first-order valence-electron chi connectivity index (χ1n) is 18.2. The van der Waals surface area contributed by atoms with Crippen molar-refractivity contribution in [2.75, 3.05) is 0 Å². The van der Waals surface area contributed by atoms with E-state index in [9.17, 15) is 0 Å². The number of hydrogen-bond donors (Lipinski definition) is 0. The Morgan fingerprint density at radius 2 is 0.870 bits per heavy atom. The predicted molar refractivity (Wildman–Crippen MR) is 225 cm³/mol. The molecule has 0 aliphatic carbocycles. The topological polar surface area (TPSA) is 38.7 Å². The molecule has 0 bridgehead atoms. The van der Waals surface area contributed by atoms with Gasteiger partial charge in [0.15, 0.2) is 5.82 Å². The summed E-state index contributed by atoms with van der Waals surface area (Å²) in [4.78, 5) is 14.9. The summed E-state index contributed by atoms with van der Waals surface area (Å²) in [5.41, 5.74) is 11.6. The van der Waals surface area contributed by atoms with Gasteiger partial charge in [0, 0.05) is 29.1 Å². The van der Waals surface area contributed by atoms with Crippen molar-refractivity contribution in [1.82, 2.24) is 15.0 Å².